The standard InChI is InChI=1S/C18H26N2O2/c1-14(21)19-9-4-10-20-17-16-6-3-2-5-15(16)13-18(17)7-11-22-12-8-18/h2-3,5-6,17,20H,4,7-13H2,1H3,(H,19,21). The zero-order valence-electron chi connectivity index (χ0n) is 13.4. The fourth-order valence-corrected chi connectivity index (χ4v) is 3.96. The second kappa shape index (κ2) is 6.80. The van der Waals surface area contributed by atoms with Crippen LogP contribution in [0.25, 0.3) is 0 Å². The van der Waals surface area contributed by atoms with Crippen LogP contribution in [0.15, 0.2) is 24.3 Å². The smallest absolute Gasteiger partial charge is 0.216 e. The SMILES string of the molecule is CC(=O)NCCCNC1c2ccccc2CC12CCOCC2. The van der Waals surface area contributed by atoms with Crippen LogP contribution in [-0.4, -0.2) is 32.2 Å². The van der Waals surface area contributed by atoms with E-state index < -0.39 is 0 Å². The van der Waals surface area contributed by atoms with Crippen LogP contribution in [0.5, 0.6) is 0 Å². The zero-order valence-corrected chi connectivity index (χ0v) is 13.4. The van der Waals surface area contributed by atoms with Crippen molar-refractivity contribution in [1.29, 1.82) is 0 Å². The maximum atomic E-state index is 10.9. The van der Waals surface area contributed by atoms with Crippen LogP contribution >= 0.6 is 0 Å². The summed E-state index contributed by atoms with van der Waals surface area (Å²) in [5, 5.41) is 6.63. The highest BCUT2D eigenvalue weighted by Crippen LogP contribution is 2.51. The molecule has 1 spiro atoms. The van der Waals surface area contributed by atoms with Gasteiger partial charge in [-0.3, -0.25) is 4.79 Å². The van der Waals surface area contributed by atoms with Gasteiger partial charge in [0.15, 0.2) is 0 Å². The monoisotopic (exact) mass is 302 g/mol. The minimum absolute atomic E-state index is 0.0483. The highest BCUT2D eigenvalue weighted by atomic mass is 16.5. The van der Waals surface area contributed by atoms with Crippen molar-refractivity contribution in [3.63, 3.8) is 0 Å². The lowest BCUT2D eigenvalue weighted by atomic mass is 9.74. The van der Waals surface area contributed by atoms with Gasteiger partial charge in [-0.25, -0.2) is 0 Å². The predicted molar refractivity (Wildman–Crippen MR) is 86.7 cm³/mol. The van der Waals surface area contributed by atoms with Gasteiger partial charge >= 0.3 is 0 Å². The summed E-state index contributed by atoms with van der Waals surface area (Å²) in [7, 11) is 0. The first-order valence-corrected chi connectivity index (χ1v) is 8.35. The van der Waals surface area contributed by atoms with E-state index in [2.05, 4.69) is 34.9 Å². The molecule has 3 rings (SSSR count). The van der Waals surface area contributed by atoms with Gasteiger partial charge in [0.1, 0.15) is 0 Å². The number of hydrogen-bond acceptors (Lipinski definition) is 3. The fraction of sp³-hybridized carbons (Fsp3) is 0.611. The lowest BCUT2D eigenvalue weighted by molar-refractivity contribution is -0.118. The van der Waals surface area contributed by atoms with Gasteiger partial charge < -0.3 is 15.4 Å². The van der Waals surface area contributed by atoms with Crippen LogP contribution in [0.1, 0.15) is 43.4 Å². The van der Waals surface area contributed by atoms with Gasteiger partial charge in [0, 0.05) is 32.7 Å². The highest BCUT2D eigenvalue weighted by Gasteiger charge is 2.46. The summed E-state index contributed by atoms with van der Waals surface area (Å²) in [5.74, 6) is 0.0483. The molecule has 0 bridgehead atoms. The number of benzene rings is 1. The third-order valence-corrected chi connectivity index (χ3v) is 5.09. The van der Waals surface area contributed by atoms with Gasteiger partial charge in [-0.15, -0.1) is 0 Å². The zero-order chi connectivity index (χ0) is 15.4. The molecule has 1 atom stereocenters. The number of hydrogen-bond donors (Lipinski definition) is 2. The lowest BCUT2D eigenvalue weighted by Gasteiger charge is -2.39. The van der Waals surface area contributed by atoms with E-state index in [-0.39, 0.29) is 5.91 Å². The predicted octanol–water partition coefficient (Wildman–Crippen LogP) is 2.20. The van der Waals surface area contributed by atoms with Crippen LogP contribution in [-0.2, 0) is 16.0 Å². The molecule has 1 aromatic rings. The van der Waals surface area contributed by atoms with Gasteiger partial charge in [0.05, 0.1) is 0 Å². The molecule has 22 heavy (non-hydrogen) atoms. The summed E-state index contributed by atoms with van der Waals surface area (Å²) < 4.78 is 5.60. The van der Waals surface area contributed by atoms with E-state index in [4.69, 9.17) is 4.74 Å². The van der Waals surface area contributed by atoms with Crippen molar-refractivity contribution in [3.05, 3.63) is 35.4 Å². The summed E-state index contributed by atoms with van der Waals surface area (Å²) in [6.45, 7) is 4.99. The molecule has 0 radical (unpaired) electrons. The van der Waals surface area contributed by atoms with Gasteiger partial charge in [0.25, 0.3) is 0 Å². The summed E-state index contributed by atoms with van der Waals surface area (Å²) in [4.78, 5) is 10.9. The third kappa shape index (κ3) is 3.18. The van der Waals surface area contributed by atoms with Crippen LogP contribution in [0.4, 0.5) is 0 Å². The minimum Gasteiger partial charge on any atom is -0.381 e. The van der Waals surface area contributed by atoms with Crippen molar-refractivity contribution >= 4 is 5.91 Å². The average molecular weight is 302 g/mol. The molecule has 1 aliphatic carbocycles. The van der Waals surface area contributed by atoms with Gasteiger partial charge in [0.2, 0.25) is 5.91 Å². The Morgan fingerprint density at radius 2 is 2.05 bits per heavy atom. The Labute approximate surface area is 132 Å². The Kier molecular flexibility index (Phi) is 4.79. The summed E-state index contributed by atoms with van der Waals surface area (Å²) >= 11 is 0. The molecule has 2 aliphatic rings. The Morgan fingerprint density at radius 1 is 1.27 bits per heavy atom. The van der Waals surface area contributed by atoms with E-state index in [1.165, 1.54) is 11.1 Å². The van der Waals surface area contributed by atoms with E-state index in [1.54, 1.807) is 6.92 Å². The molecule has 1 saturated heterocycles. The van der Waals surface area contributed by atoms with Gasteiger partial charge in [-0.1, -0.05) is 24.3 Å². The molecular formula is C18H26N2O2. The van der Waals surface area contributed by atoms with Crippen molar-refractivity contribution < 1.29 is 9.53 Å². The van der Waals surface area contributed by atoms with Gasteiger partial charge in [-0.2, -0.15) is 0 Å². The normalized spacial score (nSPS) is 22.5. The molecule has 1 heterocycles. The highest BCUT2D eigenvalue weighted by molar-refractivity contribution is 5.72. The van der Waals surface area contributed by atoms with Crippen LogP contribution < -0.4 is 10.6 Å². The number of ether oxygens (including phenoxy) is 1. The molecule has 0 aromatic heterocycles. The van der Waals surface area contributed by atoms with Crippen molar-refractivity contribution in [2.45, 2.75) is 38.6 Å². The maximum Gasteiger partial charge on any atom is 0.216 e. The number of carbonyl (C=O) groups excluding carboxylic acids is 1. The first-order valence-electron chi connectivity index (χ1n) is 8.35. The molecule has 2 N–H and O–H groups in total. The number of fused-ring (bicyclic) bond motifs is 1. The molecule has 1 aliphatic heterocycles. The van der Waals surface area contributed by atoms with Gasteiger partial charge in [-0.05, 0) is 48.8 Å². The van der Waals surface area contributed by atoms with Crippen LogP contribution in [0, 0.1) is 5.41 Å². The summed E-state index contributed by atoms with van der Waals surface area (Å²) in [6, 6.07) is 9.25. The van der Waals surface area contributed by atoms with E-state index in [0.29, 0.717) is 11.5 Å². The number of amides is 1. The Balaban J connectivity index is 1.66. The quantitative estimate of drug-likeness (QED) is 0.820. The largest absolute Gasteiger partial charge is 0.381 e. The third-order valence-electron chi connectivity index (χ3n) is 5.09. The molecule has 4 heteroatoms. The van der Waals surface area contributed by atoms with Crippen molar-refractivity contribution in [2.75, 3.05) is 26.3 Å². The maximum absolute atomic E-state index is 10.9. The summed E-state index contributed by atoms with van der Waals surface area (Å²) in [6.07, 6.45) is 4.39. The van der Waals surface area contributed by atoms with E-state index in [0.717, 1.165) is 52.0 Å². The Hall–Kier alpha value is -1.39. The van der Waals surface area contributed by atoms with Crippen molar-refractivity contribution in [2.24, 2.45) is 5.41 Å². The van der Waals surface area contributed by atoms with E-state index in [1.807, 2.05) is 0 Å². The van der Waals surface area contributed by atoms with Crippen molar-refractivity contribution in [3.8, 4) is 0 Å². The van der Waals surface area contributed by atoms with Crippen molar-refractivity contribution in [1.82, 2.24) is 10.6 Å². The Morgan fingerprint density at radius 3 is 2.82 bits per heavy atom. The minimum atomic E-state index is 0.0483. The van der Waals surface area contributed by atoms with Crippen LogP contribution in [0.2, 0.25) is 0 Å². The molecule has 4 nitrogen and oxygen atoms in total. The van der Waals surface area contributed by atoms with Crippen LogP contribution in [0.3, 0.4) is 0 Å². The molecule has 1 aromatic carbocycles. The van der Waals surface area contributed by atoms with E-state index in [9.17, 15) is 4.79 Å². The average Bonchev–Trinajstić information content (AvgIpc) is 2.80. The fourth-order valence-electron chi connectivity index (χ4n) is 3.96. The second-order valence-corrected chi connectivity index (χ2v) is 6.57. The number of nitrogens with one attached hydrogen (secondary N) is 2. The first-order chi connectivity index (χ1) is 10.7. The number of carbonyl (C=O) groups is 1. The second-order valence-electron chi connectivity index (χ2n) is 6.57. The molecule has 120 valence electrons. The lowest BCUT2D eigenvalue weighted by Crippen LogP contribution is -2.40. The molecule has 1 amide bonds. The van der Waals surface area contributed by atoms with E-state index >= 15 is 0 Å². The topological polar surface area (TPSA) is 50.4 Å². The number of rotatable bonds is 5. The molecule has 1 fully saturated rings. The molecule has 0 saturated carbocycles. The first kappa shape index (κ1) is 15.5. The molecular weight excluding hydrogens is 276 g/mol. The Bertz CT molecular complexity index is 524. The summed E-state index contributed by atoms with van der Waals surface area (Å²) in [5.41, 5.74) is 3.27. The molecule has 1 unspecified atom stereocenters.